The molecule has 2 aromatic heterocycles. The first-order chi connectivity index (χ1) is 16.1. The minimum atomic E-state index is -0.143. The number of rotatable bonds is 7. The molecule has 7 nitrogen and oxygen atoms in total. The van der Waals surface area contributed by atoms with E-state index in [1.165, 1.54) is 12.8 Å². The van der Waals surface area contributed by atoms with Crippen LogP contribution in [-0.4, -0.2) is 45.7 Å². The molecule has 2 aliphatic rings. The lowest BCUT2D eigenvalue weighted by Crippen LogP contribution is -2.45. The molecule has 0 spiro atoms. The van der Waals surface area contributed by atoms with Gasteiger partial charge in [0.25, 0.3) is 5.91 Å². The van der Waals surface area contributed by atoms with E-state index in [2.05, 4.69) is 10.3 Å². The minimum Gasteiger partial charge on any atom is -0.486 e. The number of aryl methyl sites for hydroxylation is 1. The van der Waals surface area contributed by atoms with Crippen LogP contribution in [0.4, 0.5) is 0 Å². The molecule has 7 heteroatoms. The summed E-state index contributed by atoms with van der Waals surface area (Å²) in [5, 5.41) is 3.07. The zero-order valence-corrected chi connectivity index (χ0v) is 19.0. The Bertz CT molecular complexity index is 1170. The Balaban J connectivity index is 1.25. The zero-order chi connectivity index (χ0) is 22.8. The molecule has 5 rings (SSSR count). The first-order valence-electron chi connectivity index (χ1n) is 11.8. The first kappa shape index (κ1) is 21.5. The van der Waals surface area contributed by atoms with Crippen molar-refractivity contribution in [1.29, 1.82) is 0 Å². The van der Waals surface area contributed by atoms with Gasteiger partial charge in [0.15, 0.2) is 0 Å². The van der Waals surface area contributed by atoms with Crippen LogP contribution in [-0.2, 0) is 11.4 Å². The van der Waals surface area contributed by atoms with Crippen molar-refractivity contribution in [3.05, 3.63) is 65.6 Å². The minimum absolute atomic E-state index is 0.0751. The number of nitrogens with one attached hydrogen (secondary N) is 1. The van der Waals surface area contributed by atoms with Gasteiger partial charge >= 0.3 is 0 Å². The summed E-state index contributed by atoms with van der Waals surface area (Å²) in [6.45, 7) is 4.18. The van der Waals surface area contributed by atoms with E-state index in [9.17, 15) is 9.59 Å². The van der Waals surface area contributed by atoms with Crippen LogP contribution in [0.25, 0.3) is 5.65 Å². The number of piperidine rings is 1. The van der Waals surface area contributed by atoms with E-state index in [-0.39, 0.29) is 24.3 Å². The first-order valence-corrected chi connectivity index (χ1v) is 11.8. The van der Waals surface area contributed by atoms with Crippen molar-refractivity contribution in [2.24, 2.45) is 11.8 Å². The van der Waals surface area contributed by atoms with Gasteiger partial charge in [0, 0.05) is 32.0 Å². The third-order valence-corrected chi connectivity index (χ3v) is 6.56. The lowest BCUT2D eigenvalue weighted by atomic mass is 9.96. The number of imidazole rings is 1. The van der Waals surface area contributed by atoms with Crippen LogP contribution in [0, 0.1) is 18.8 Å². The number of para-hydroxylation sites is 1. The molecule has 1 saturated carbocycles. The van der Waals surface area contributed by atoms with Crippen LogP contribution in [0.15, 0.2) is 48.8 Å². The van der Waals surface area contributed by atoms with Gasteiger partial charge in [-0.3, -0.25) is 9.59 Å². The largest absolute Gasteiger partial charge is 0.486 e. The van der Waals surface area contributed by atoms with Gasteiger partial charge in [-0.05, 0) is 62.3 Å². The van der Waals surface area contributed by atoms with Gasteiger partial charge in [-0.2, -0.15) is 0 Å². The van der Waals surface area contributed by atoms with Crippen LogP contribution in [0.3, 0.4) is 0 Å². The fraction of sp³-hybridized carbons (Fsp3) is 0.423. The van der Waals surface area contributed by atoms with Crippen molar-refractivity contribution in [3.63, 3.8) is 0 Å². The third-order valence-electron chi connectivity index (χ3n) is 6.56. The number of hydrogen-bond donors (Lipinski definition) is 1. The molecular weight excluding hydrogens is 416 g/mol. The van der Waals surface area contributed by atoms with Gasteiger partial charge in [-0.25, -0.2) is 4.98 Å². The molecule has 0 radical (unpaired) electrons. The molecular formula is C26H30N4O3. The Morgan fingerprint density at radius 3 is 2.82 bits per heavy atom. The molecule has 2 amide bonds. The maximum Gasteiger partial charge on any atom is 0.257 e. The second-order valence-electron chi connectivity index (χ2n) is 9.22. The van der Waals surface area contributed by atoms with Gasteiger partial charge in [0.05, 0.1) is 17.2 Å². The van der Waals surface area contributed by atoms with Crippen molar-refractivity contribution < 1.29 is 14.3 Å². The molecule has 1 aromatic carbocycles. The van der Waals surface area contributed by atoms with Crippen LogP contribution in [0.1, 0.15) is 47.3 Å². The van der Waals surface area contributed by atoms with Crippen molar-refractivity contribution in [3.8, 4) is 5.75 Å². The number of amides is 2. The highest BCUT2D eigenvalue weighted by molar-refractivity contribution is 5.97. The highest BCUT2D eigenvalue weighted by atomic mass is 16.5. The maximum atomic E-state index is 13.4. The van der Waals surface area contributed by atoms with E-state index in [0.29, 0.717) is 30.3 Å². The molecule has 3 heterocycles. The average Bonchev–Trinajstić information content (AvgIpc) is 3.58. The highest BCUT2D eigenvalue weighted by Crippen LogP contribution is 2.28. The summed E-state index contributed by atoms with van der Waals surface area (Å²) in [5.41, 5.74) is 3.33. The molecule has 1 unspecified atom stereocenters. The quantitative estimate of drug-likeness (QED) is 0.602. The number of aromatic nitrogens is 2. The van der Waals surface area contributed by atoms with E-state index < -0.39 is 0 Å². The van der Waals surface area contributed by atoms with E-state index >= 15 is 0 Å². The van der Waals surface area contributed by atoms with Crippen molar-refractivity contribution in [2.75, 3.05) is 19.6 Å². The second-order valence-corrected chi connectivity index (χ2v) is 9.22. The summed E-state index contributed by atoms with van der Waals surface area (Å²) < 4.78 is 8.03. The zero-order valence-electron chi connectivity index (χ0n) is 19.0. The van der Waals surface area contributed by atoms with Gasteiger partial charge in [-0.1, -0.05) is 18.2 Å². The summed E-state index contributed by atoms with van der Waals surface area (Å²) in [6.07, 6.45) is 7.98. The van der Waals surface area contributed by atoms with Crippen LogP contribution >= 0.6 is 0 Å². The number of ether oxygens (including phenoxy) is 1. The number of fused-ring (bicyclic) bond motifs is 1. The van der Waals surface area contributed by atoms with Gasteiger partial charge in [-0.15, -0.1) is 0 Å². The van der Waals surface area contributed by atoms with Gasteiger partial charge in [0.2, 0.25) is 5.91 Å². The summed E-state index contributed by atoms with van der Waals surface area (Å²) in [6, 6.07) is 11.3. The Kier molecular flexibility index (Phi) is 6.03. The topological polar surface area (TPSA) is 75.9 Å². The number of hydrogen-bond acceptors (Lipinski definition) is 4. The van der Waals surface area contributed by atoms with Gasteiger partial charge in [0.1, 0.15) is 18.0 Å². The molecule has 2 fully saturated rings. The van der Waals surface area contributed by atoms with Crippen LogP contribution in [0.2, 0.25) is 0 Å². The molecule has 1 atom stereocenters. The van der Waals surface area contributed by atoms with Gasteiger partial charge < -0.3 is 19.4 Å². The summed E-state index contributed by atoms with van der Waals surface area (Å²) >= 11 is 0. The Morgan fingerprint density at radius 1 is 1.15 bits per heavy atom. The highest BCUT2D eigenvalue weighted by Gasteiger charge is 2.31. The molecule has 172 valence electrons. The van der Waals surface area contributed by atoms with Crippen LogP contribution in [0.5, 0.6) is 5.75 Å². The maximum absolute atomic E-state index is 13.4. The Labute approximate surface area is 193 Å². The number of nitrogens with zero attached hydrogens (tertiary/aromatic N) is 3. The van der Waals surface area contributed by atoms with E-state index in [1.54, 1.807) is 11.0 Å². The second kappa shape index (κ2) is 9.25. The molecule has 3 aromatic rings. The van der Waals surface area contributed by atoms with Crippen LogP contribution < -0.4 is 10.1 Å². The van der Waals surface area contributed by atoms with Crippen molar-refractivity contribution in [2.45, 2.75) is 39.2 Å². The fourth-order valence-electron chi connectivity index (χ4n) is 4.45. The average molecular weight is 447 g/mol. The summed E-state index contributed by atoms with van der Waals surface area (Å²) in [4.78, 5) is 32.4. The van der Waals surface area contributed by atoms with E-state index in [4.69, 9.17) is 4.74 Å². The molecule has 0 bridgehead atoms. The number of likely N-dealkylation sites (tertiary alicyclic amines) is 1. The fourth-order valence-corrected chi connectivity index (χ4v) is 4.45. The smallest absolute Gasteiger partial charge is 0.257 e. The number of pyridine rings is 1. The molecule has 1 aliphatic heterocycles. The molecule has 1 N–H and O–H groups in total. The summed E-state index contributed by atoms with van der Waals surface area (Å²) in [5.74, 6) is 1.03. The lowest BCUT2D eigenvalue weighted by molar-refractivity contribution is -0.126. The monoisotopic (exact) mass is 446 g/mol. The molecule has 1 saturated heterocycles. The Morgan fingerprint density at radius 2 is 2.00 bits per heavy atom. The Hall–Kier alpha value is -3.35. The third kappa shape index (κ3) is 4.87. The molecule has 1 aliphatic carbocycles. The number of carbonyl (C=O) groups excluding carboxylic acids is 2. The van der Waals surface area contributed by atoms with Crippen molar-refractivity contribution >= 4 is 17.5 Å². The van der Waals surface area contributed by atoms with E-state index in [0.717, 1.165) is 36.3 Å². The number of carbonyl (C=O) groups is 2. The summed E-state index contributed by atoms with van der Waals surface area (Å²) in [7, 11) is 0. The normalized spacial score (nSPS) is 18.3. The lowest BCUT2D eigenvalue weighted by Gasteiger charge is -2.32. The predicted octanol–water partition coefficient (Wildman–Crippen LogP) is 3.60. The SMILES string of the molecule is Cc1cccn2cc(COc3ccccc3C(=O)N3CCCC(C(=O)NCC4CC4)C3)nc12. The van der Waals surface area contributed by atoms with Crippen molar-refractivity contribution in [1.82, 2.24) is 19.6 Å². The van der Waals surface area contributed by atoms with E-state index in [1.807, 2.05) is 54.0 Å². The molecule has 33 heavy (non-hydrogen) atoms. The standard InChI is InChI=1S/C26H30N4O3/c1-18-6-4-12-29-16-21(28-24(18)29)17-33-23-9-3-2-8-22(23)26(32)30-13-5-7-20(15-30)25(31)27-14-19-10-11-19/h2-4,6,8-9,12,16,19-20H,5,7,10-11,13-15,17H2,1H3,(H,27,31). The number of benzene rings is 1. The predicted molar refractivity (Wildman–Crippen MR) is 125 cm³/mol.